The molecule has 5 rings (SSSR count). The van der Waals surface area contributed by atoms with Crippen molar-refractivity contribution in [1.29, 1.82) is 0 Å². The van der Waals surface area contributed by atoms with Crippen molar-refractivity contribution in [2.24, 2.45) is 0 Å². The number of thiophene rings is 1. The van der Waals surface area contributed by atoms with E-state index in [4.69, 9.17) is 9.72 Å². The van der Waals surface area contributed by atoms with Gasteiger partial charge in [-0.25, -0.2) is 14.4 Å². The summed E-state index contributed by atoms with van der Waals surface area (Å²) in [6, 6.07) is 18.2. The quantitative estimate of drug-likeness (QED) is 0.189. The van der Waals surface area contributed by atoms with Gasteiger partial charge in [-0.2, -0.15) is 0 Å². The molecular weight excluding hydrogens is 469 g/mol. The molecule has 0 saturated heterocycles. The molecule has 0 fully saturated rings. The lowest BCUT2D eigenvalue weighted by Gasteiger charge is -2.13. The first-order valence-electron chi connectivity index (χ1n) is 11.0. The van der Waals surface area contributed by atoms with Crippen LogP contribution < -0.4 is 10.3 Å². The lowest BCUT2D eigenvalue weighted by molar-refractivity contribution is 0.317. The number of ether oxygens (including phenoxy) is 1. The van der Waals surface area contributed by atoms with E-state index in [-0.39, 0.29) is 11.4 Å². The summed E-state index contributed by atoms with van der Waals surface area (Å²) < 4.78 is 22.2. The topological polar surface area (TPSA) is 57.0 Å². The summed E-state index contributed by atoms with van der Waals surface area (Å²) in [7, 11) is 0. The van der Waals surface area contributed by atoms with Crippen molar-refractivity contribution in [2.75, 3.05) is 6.61 Å². The third-order valence-electron chi connectivity index (χ3n) is 5.37. The standard InChI is InChI=1S/C26H22FN3O2S2/c1-2-14-32-19-11-9-17(10-12-19)15-30-25(31)23-22(20-7-5-13-28-24(20)34-23)29-26(30)33-16-18-6-3-4-8-21(18)27/h3-13H,2,14-16H2,1H3. The van der Waals surface area contributed by atoms with Gasteiger partial charge in [0.05, 0.1) is 18.7 Å². The first kappa shape index (κ1) is 22.6. The van der Waals surface area contributed by atoms with Crippen molar-refractivity contribution in [3.8, 4) is 5.75 Å². The monoisotopic (exact) mass is 491 g/mol. The molecule has 0 radical (unpaired) electrons. The van der Waals surface area contributed by atoms with Crippen LogP contribution in [-0.4, -0.2) is 21.1 Å². The van der Waals surface area contributed by atoms with Crippen molar-refractivity contribution in [2.45, 2.75) is 30.8 Å². The fourth-order valence-corrected chi connectivity index (χ4v) is 5.65. The maximum atomic E-state index is 14.2. The number of aromatic nitrogens is 3. The van der Waals surface area contributed by atoms with E-state index in [1.807, 2.05) is 42.5 Å². The fourth-order valence-electron chi connectivity index (χ4n) is 3.64. The molecule has 8 heteroatoms. The average Bonchev–Trinajstić information content (AvgIpc) is 3.24. The molecule has 0 aliphatic rings. The van der Waals surface area contributed by atoms with Crippen LogP contribution >= 0.6 is 23.1 Å². The summed E-state index contributed by atoms with van der Waals surface area (Å²) in [5.74, 6) is 0.906. The van der Waals surface area contributed by atoms with E-state index in [0.29, 0.717) is 39.8 Å². The molecule has 5 nitrogen and oxygen atoms in total. The van der Waals surface area contributed by atoms with Crippen LogP contribution in [0.3, 0.4) is 0 Å². The minimum atomic E-state index is -0.266. The molecule has 3 heterocycles. The van der Waals surface area contributed by atoms with Gasteiger partial charge < -0.3 is 4.74 Å². The SMILES string of the molecule is CCCOc1ccc(Cn2c(SCc3ccccc3F)nc3c(sc4ncccc43)c2=O)cc1. The maximum Gasteiger partial charge on any atom is 0.272 e. The number of hydrogen-bond acceptors (Lipinski definition) is 6. The Morgan fingerprint density at radius 3 is 2.71 bits per heavy atom. The van der Waals surface area contributed by atoms with E-state index >= 15 is 0 Å². The van der Waals surface area contributed by atoms with E-state index in [1.165, 1.54) is 29.2 Å². The Kier molecular flexibility index (Phi) is 6.60. The van der Waals surface area contributed by atoms with Crippen molar-refractivity contribution in [3.05, 3.63) is 94.2 Å². The highest BCUT2D eigenvalue weighted by molar-refractivity contribution is 7.98. The fraction of sp³-hybridized carbons (Fsp3) is 0.192. The number of hydrogen-bond donors (Lipinski definition) is 0. The van der Waals surface area contributed by atoms with Crippen LogP contribution in [0, 0.1) is 5.82 Å². The molecule has 0 saturated carbocycles. The van der Waals surface area contributed by atoms with Gasteiger partial charge in [-0.15, -0.1) is 11.3 Å². The van der Waals surface area contributed by atoms with E-state index in [9.17, 15) is 9.18 Å². The normalized spacial score (nSPS) is 11.4. The Bertz CT molecular complexity index is 1510. The highest BCUT2D eigenvalue weighted by Crippen LogP contribution is 2.31. The lowest BCUT2D eigenvalue weighted by Crippen LogP contribution is -2.23. The van der Waals surface area contributed by atoms with Gasteiger partial charge in [0.25, 0.3) is 5.56 Å². The smallest absolute Gasteiger partial charge is 0.272 e. The number of nitrogens with zero attached hydrogens (tertiary/aromatic N) is 3. The molecule has 5 aromatic rings. The Hall–Kier alpha value is -3.23. The zero-order valence-corrected chi connectivity index (χ0v) is 20.2. The van der Waals surface area contributed by atoms with Gasteiger partial charge in [-0.1, -0.05) is 49.0 Å². The predicted octanol–water partition coefficient (Wildman–Crippen LogP) is 6.27. The van der Waals surface area contributed by atoms with Gasteiger partial charge in [0.2, 0.25) is 0 Å². The lowest BCUT2D eigenvalue weighted by atomic mass is 10.2. The number of halogens is 1. The maximum absolute atomic E-state index is 14.2. The highest BCUT2D eigenvalue weighted by atomic mass is 32.2. The Balaban J connectivity index is 1.56. The van der Waals surface area contributed by atoms with Gasteiger partial charge in [0.15, 0.2) is 5.16 Å². The summed E-state index contributed by atoms with van der Waals surface area (Å²) in [5.41, 5.74) is 2.06. The van der Waals surface area contributed by atoms with Gasteiger partial charge in [-0.05, 0) is 47.9 Å². The summed E-state index contributed by atoms with van der Waals surface area (Å²) in [6.45, 7) is 3.08. The third-order valence-corrected chi connectivity index (χ3v) is 7.49. The molecular formula is C26H22FN3O2S2. The molecule has 0 N–H and O–H groups in total. The molecule has 0 unspecified atom stereocenters. The zero-order valence-electron chi connectivity index (χ0n) is 18.5. The number of pyridine rings is 1. The number of benzene rings is 2. The van der Waals surface area contributed by atoms with E-state index in [0.717, 1.165) is 28.0 Å². The molecule has 0 aliphatic heterocycles. The van der Waals surface area contributed by atoms with Crippen molar-refractivity contribution in [3.63, 3.8) is 0 Å². The van der Waals surface area contributed by atoms with Crippen LogP contribution in [0.2, 0.25) is 0 Å². The highest BCUT2D eigenvalue weighted by Gasteiger charge is 2.18. The van der Waals surface area contributed by atoms with E-state index in [1.54, 1.807) is 22.9 Å². The second-order valence-electron chi connectivity index (χ2n) is 7.79. The van der Waals surface area contributed by atoms with Crippen molar-refractivity contribution < 1.29 is 9.13 Å². The molecule has 0 aliphatic carbocycles. The number of thioether (sulfide) groups is 1. The molecule has 2 aromatic carbocycles. The average molecular weight is 492 g/mol. The van der Waals surface area contributed by atoms with Crippen LogP contribution in [0.5, 0.6) is 5.75 Å². The molecule has 0 amide bonds. The van der Waals surface area contributed by atoms with Crippen molar-refractivity contribution in [1.82, 2.24) is 14.5 Å². The summed E-state index contributed by atoms with van der Waals surface area (Å²) >= 11 is 2.71. The number of rotatable bonds is 8. The summed E-state index contributed by atoms with van der Waals surface area (Å²) in [6.07, 6.45) is 2.65. The van der Waals surface area contributed by atoms with E-state index < -0.39 is 0 Å². The second kappa shape index (κ2) is 9.95. The zero-order chi connectivity index (χ0) is 23.5. The van der Waals surface area contributed by atoms with Gasteiger partial charge in [-0.3, -0.25) is 9.36 Å². The first-order chi connectivity index (χ1) is 16.6. The minimum absolute atomic E-state index is 0.115. The third kappa shape index (κ3) is 4.56. The van der Waals surface area contributed by atoms with Crippen LogP contribution in [-0.2, 0) is 12.3 Å². The van der Waals surface area contributed by atoms with Crippen LogP contribution in [0.25, 0.3) is 20.4 Å². The molecule has 3 aromatic heterocycles. The van der Waals surface area contributed by atoms with Crippen LogP contribution in [0.1, 0.15) is 24.5 Å². The Morgan fingerprint density at radius 2 is 1.91 bits per heavy atom. The van der Waals surface area contributed by atoms with Crippen LogP contribution in [0.4, 0.5) is 4.39 Å². The molecule has 0 spiro atoms. The Morgan fingerprint density at radius 1 is 1.09 bits per heavy atom. The van der Waals surface area contributed by atoms with Crippen molar-refractivity contribution >= 4 is 43.5 Å². The van der Waals surface area contributed by atoms with Crippen LogP contribution in [0.15, 0.2) is 76.8 Å². The number of fused-ring (bicyclic) bond motifs is 3. The molecule has 0 atom stereocenters. The van der Waals surface area contributed by atoms with Gasteiger partial charge in [0.1, 0.15) is 21.1 Å². The Labute approximate surface area is 204 Å². The molecule has 0 bridgehead atoms. The minimum Gasteiger partial charge on any atom is -0.494 e. The predicted molar refractivity (Wildman–Crippen MR) is 136 cm³/mol. The van der Waals surface area contributed by atoms with Gasteiger partial charge in [0, 0.05) is 17.3 Å². The van der Waals surface area contributed by atoms with E-state index in [2.05, 4.69) is 11.9 Å². The van der Waals surface area contributed by atoms with Gasteiger partial charge >= 0.3 is 0 Å². The summed E-state index contributed by atoms with van der Waals surface area (Å²) in [4.78, 5) is 23.7. The largest absolute Gasteiger partial charge is 0.494 e. The molecule has 172 valence electrons. The first-order valence-corrected chi connectivity index (χ1v) is 12.8. The second-order valence-corrected chi connectivity index (χ2v) is 9.74. The molecule has 34 heavy (non-hydrogen) atoms. The summed E-state index contributed by atoms with van der Waals surface area (Å²) in [5, 5.41) is 1.41.